The van der Waals surface area contributed by atoms with Gasteiger partial charge >= 0.3 is 0 Å². The molecule has 0 unspecified atom stereocenters. The maximum Gasteiger partial charge on any atom is 0.226 e. The molecule has 0 aromatic carbocycles. The highest BCUT2D eigenvalue weighted by Gasteiger charge is 2.37. The number of rotatable bonds is 3. The Labute approximate surface area is 105 Å². The van der Waals surface area contributed by atoms with E-state index in [1.165, 1.54) is 12.8 Å². The topological polar surface area (TPSA) is 29.5 Å². The summed E-state index contributed by atoms with van der Waals surface area (Å²) in [4.78, 5) is 14.6. The number of ether oxygens (including phenoxy) is 1. The van der Waals surface area contributed by atoms with Crippen molar-refractivity contribution >= 4 is 5.91 Å². The fourth-order valence-corrected chi connectivity index (χ4v) is 3.24. The first-order valence-electron chi connectivity index (χ1n) is 7.20. The van der Waals surface area contributed by atoms with Gasteiger partial charge in [0.15, 0.2) is 0 Å². The number of morpholine rings is 1. The van der Waals surface area contributed by atoms with E-state index >= 15 is 0 Å². The SMILES string of the molecule is CCC(CC)C(=O)N1CCO[C@@H]2CCCC[C@H]21. The maximum atomic E-state index is 12.5. The minimum Gasteiger partial charge on any atom is -0.374 e. The van der Waals surface area contributed by atoms with E-state index in [2.05, 4.69) is 18.7 Å². The molecule has 0 aromatic heterocycles. The number of carbonyl (C=O) groups is 1. The van der Waals surface area contributed by atoms with Gasteiger partial charge in [0, 0.05) is 12.5 Å². The zero-order chi connectivity index (χ0) is 12.3. The molecule has 0 N–H and O–H groups in total. The van der Waals surface area contributed by atoms with Gasteiger partial charge in [0.1, 0.15) is 0 Å². The van der Waals surface area contributed by atoms with Crippen molar-refractivity contribution in [2.24, 2.45) is 5.92 Å². The maximum absolute atomic E-state index is 12.5. The highest BCUT2D eigenvalue weighted by Crippen LogP contribution is 2.30. The lowest BCUT2D eigenvalue weighted by Gasteiger charge is -2.44. The minimum absolute atomic E-state index is 0.218. The van der Waals surface area contributed by atoms with Crippen LogP contribution in [0.4, 0.5) is 0 Å². The number of hydrogen-bond acceptors (Lipinski definition) is 2. The molecular formula is C14H25NO2. The van der Waals surface area contributed by atoms with E-state index in [-0.39, 0.29) is 5.92 Å². The summed E-state index contributed by atoms with van der Waals surface area (Å²) in [6.45, 7) is 5.76. The Hall–Kier alpha value is -0.570. The molecule has 2 fully saturated rings. The molecule has 0 bridgehead atoms. The van der Waals surface area contributed by atoms with Gasteiger partial charge < -0.3 is 9.64 Å². The highest BCUT2D eigenvalue weighted by atomic mass is 16.5. The van der Waals surface area contributed by atoms with Crippen LogP contribution in [0.3, 0.4) is 0 Å². The summed E-state index contributed by atoms with van der Waals surface area (Å²) in [5.74, 6) is 0.589. The lowest BCUT2D eigenvalue weighted by atomic mass is 9.89. The lowest BCUT2D eigenvalue weighted by molar-refractivity contribution is -0.154. The Kier molecular flexibility index (Phi) is 4.43. The minimum atomic E-state index is 0.218. The van der Waals surface area contributed by atoms with Gasteiger partial charge in [0.05, 0.1) is 18.8 Å². The van der Waals surface area contributed by atoms with Gasteiger partial charge in [-0.1, -0.05) is 26.7 Å². The Morgan fingerprint density at radius 1 is 1.29 bits per heavy atom. The van der Waals surface area contributed by atoms with Crippen molar-refractivity contribution in [2.75, 3.05) is 13.2 Å². The molecule has 98 valence electrons. The molecule has 3 nitrogen and oxygen atoms in total. The number of fused-ring (bicyclic) bond motifs is 1. The number of nitrogens with zero attached hydrogens (tertiary/aromatic N) is 1. The van der Waals surface area contributed by atoms with Gasteiger partial charge in [-0.3, -0.25) is 4.79 Å². The largest absolute Gasteiger partial charge is 0.374 e. The van der Waals surface area contributed by atoms with E-state index in [1.807, 2.05) is 0 Å². The van der Waals surface area contributed by atoms with Crippen molar-refractivity contribution in [3.8, 4) is 0 Å². The van der Waals surface area contributed by atoms with Gasteiger partial charge in [-0.2, -0.15) is 0 Å². The molecule has 1 amide bonds. The van der Waals surface area contributed by atoms with E-state index < -0.39 is 0 Å². The molecule has 1 aliphatic heterocycles. The summed E-state index contributed by atoms with van der Waals surface area (Å²) >= 11 is 0. The second-order valence-electron chi connectivity index (χ2n) is 5.31. The van der Waals surface area contributed by atoms with Crippen LogP contribution >= 0.6 is 0 Å². The van der Waals surface area contributed by atoms with Crippen LogP contribution in [0.2, 0.25) is 0 Å². The Morgan fingerprint density at radius 2 is 2.00 bits per heavy atom. The zero-order valence-electron chi connectivity index (χ0n) is 11.2. The second kappa shape index (κ2) is 5.85. The van der Waals surface area contributed by atoms with Crippen molar-refractivity contribution in [1.29, 1.82) is 0 Å². The molecule has 17 heavy (non-hydrogen) atoms. The molecule has 2 atom stereocenters. The summed E-state index contributed by atoms with van der Waals surface area (Å²) < 4.78 is 5.82. The summed E-state index contributed by atoms with van der Waals surface area (Å²) in [5.41, 5.74) is 0. The van der Waals surface area contributed by atoms with Crippen LogP contribution in [0.1, 0.15) is 52.4 Å². The third kappa shape index (κ3) is 2.65. The fourth-order valence-electron chi connectivity index (χ4n) is 3.24. The van der Waals surface area contributed by atoms with Crippen LogP contribution in [-0.4, -0.2) is 36.1 Å². The molecule has 1 saturated heterocycles. The van der Waals surface area contributed by atoms with Gasteiger partial charge in [0.2, 0.25) is 5.91 Å². The van der Waals surface area contributed by atoms with E-state index in [1.54, 1.807) is 0 Å². The van der Waals surface area contributed by atoms with E-state index in [0.717, 1.165) is 38.8 Å². The van der Waals surface area contributed by atoms with Gasteiger partial charge in [-0.15, -0.1) is 0 Å². The van der Waals surface area contributed by atoms with Crippen molar-refractivity contribution in [2.45, 2.75) is 64.5 Å². The van der Waals surface area contributed by atoms with Crippen LogP contribution in [0.15, 0.2) is 0 Å². The molecule has 1 saturated carbocycles. The third-order valence-electron chi connectivity index (χ3n) is 4.35. The summed E-state index contributed by atoms with van der Waals surface area (Å²) in [6, 6.07) is 0.366. The van der Waals surface area contributed by atoms with Crippen molar-refractivity contribution in [3.05, 3.63) is 0 Å². The molecule has 2 rings (SSSR count). The second-order valence-corrected chi connectivity index (χ2v) is 5.31. The van der Waals surface area contributed by atoms with Gasteiger partial charge in [-0.05, 0) is 25.7 Å². The molecule has 0 spiro atoms. The van der Waals surface area contributed by atoms with Crippen LogP contribution < -0.4 is 0 Å². The van der Waals surface area contributed by atoms with E-state index in [9.17, 15) is 4.79 Å². The monoisotopic (exact) mass is 239 g/mol. The number of amides is 1. The van der Waals surface area contributed by atoms with Crippen molar-refractivity contribution in [3.63, 3.8) is 0 Å². The lowest BCUT2D eigenvalue weighted by Crippen LogP contribution is -2.56. The summed E-state index contributed by atoms with van der Waals surface area (Å²) in [7, 11) is 0. The van der Waals surface area contributed by atoms with Crippen molar-refractivity contribution in [1.82, 2.24) is 4.90 Å². The quantitative estimate of drug-likeness (QED) is 0.757. The normalized spacial score (nSPS) is 29.2. The third-order valence-corrected chi connectivity index (χ3v) is 4.35. The number of hydrogen-bond donors (Lipinski definition) is 0. The van der Waals surface area contributed by atoms with Crippen LogP contribution in [-0.2, 0) is 9.53 Å². The fraction of sp³-hybridized carbons (Fsp3) is 0.929. The first-order chi connectivity index (χ1) is 8.27. The van der Waals surface area contributed by atoms with E-state index in [0.29, 0.717) is 18.1 Å². The first-order valence-corrected chi connectivity index (χ1v) is 7.20. The van der Waals surface area contributed by atoms with Crippen LogP contribution in [0, 0.1) is 5.92 Å². The highest BCUT2D eigenvalue weighted by molar-refractivity contribution is 5.79. The Balaban J connectivity index is 2.05. The smallest absolute Gasteiger partial charge is 0.226 e. The Bertz CT molecular complexity index is 261. The van der Waals surface area contributed by atoms with Crippen LogP contribution in [0.5, 0.6) is 0 Å². The predicted octanol–water partition coefficient (Wildman–Crippen LogP) is 2.59. The van der Waals surface area contributed by atoms with Crippen molar-refractivity contribution < 1.29 is 9.53 Å². The first kappa shape index (κ1) is 12.9. The molecule has 3 heteroatoms. The van der Waals surface area contributed by atoms with E-state index in [4.69, 9.17) is 4.74 Å². The van der Waals surface area contributed by atoms with Crippen LogP contribution in [0.25, 0.3) is 0 Å². The number of carbonyl (C=O) groups excluding carboxylic acids is 1. The standard InChI is InChI=1S/C14H25NO2/c1-3-11(4-2)14(16)15-9-10-17-13-8-6-5-7-12(13)15/h11-13H,3-10H2,1-2H3/t12-,13-/m1/s1. The predicted molar refractivity (Wildman–Crippen MR) is 67.8 cm³/mol. The molecule has 1 heterocycles. The average Bonchev–Trinajstić information content (AvgIpc) is 2.39. The molecule has 0 aromatic rings. The average molecular weight is 239 g/mol. The summed E-state index contributed by atoms with van der Waals surface area (Å²) in [6.07, 6.45) is 7.02. The molecular weight excluding hydrogens is 214 g/mol. The molecule has 2 aliphatic rings. The molecule has 1 aliphatic carbocycles. The van der Waals surface area contributed by atoms with Gasteiger partial charge in [-0.25, -0.2) is 0 Å². The summed E-state index contributed by atoms with van der Waals surface area (Å²) in [5, 5.41) is 0. The molecule has 0 radical (unpaired) electrons. The van der Waals surface area contributed by atoms with Gasteiger partial charge in [0.25, 0.3) is 0 Å². The zero-order valence-corrected chi connectivity index (χ0v) is 11.2. The Morgan fingerprint density at radius 3 is 2.71 bits per heavy atom.